The molecular formula is C19H19N3O3S2. The summed E-state index contributed by atoms with van der Waals surface area (Å²) in [5.74, 6) is 1.02. The van der Waals surface area contributed by atoms with Gasteiger partial charge in [-0.1, -0.05) is 18.2 Å². The maximum absolute atomic E-state index is 12.4. The number of nitrogens with one attached hydrogen (secondary N) is 2. The molecule has 0 saturated heterocycles. The minimum absolute atomic E-state index is 0.101. The third-order valence-corrected chi connectivity index (χ3v) is 5.45. The van der Waals surface area contributed by atoms with Crippen LogP contribution in [0.15, 0.2) is 57.2 Å². The van der Waals surface area contributed by atoms with Crippen molar-refractivity contribution in [1.29, 1.82) is 0 Å². The van der Waals surface area contributed by atoms with Crippen LogP contribution in [-0.4, -0.2) is 22.0 Å². The fraction of sp³-hybridized carbons (Fsp3) is 0.211. The summed E-state index contributed by atoms with van der Waals surface area (Å²) in [5.41, 5.74) is 0.646. The number of carbonyl (C=O) groups excluding carboxylic acids is 2. The van der Waals surface area contributed by atoms with Crippen molar-refractivity contribution < 1.29 is 14.0 Å². The lowest BCUT2D eigenvalue weighted by atomic mass is 10.3. The topological polar surface area (TPSA) is 84.2 Å². The molecule has 3 rings (SSSR count). The standard InChI is InChI=1S/C19H19N3O3S2/c1-12(27-15-6-4-3-5-7-15)18(24)22-19-21-16(11-26-19)17-9-8-14(25-17)10-20-13(2)23/h3-9,11-12H,10H2,1-2H3,(H,20,23)(H,21,22,24)/t12-/m0/s1. The van der Waals surface area contributed by atoms with E-state index in [1.165, 1.54) is 30.0 Å². The summed E-state index contributed by atoms with van der Waals surface area (Å²) in [6.45, 7) is 3.65. The van der Waals surface area contributed by atoms with Crippen LogP contribution in [0.5, 0.6) is 0 Å². The Bertz CT molecular complexity index is 921. The molecule has 2 heterocycles. The quantitative estimate of drug-likeness (QED) is 0.581. The Labute approximate surface area is 165 Å². The normalized spacial score (nSPS) is 11.8. The number of carbonyl (C=O) groups is 2. The first-order chi connectivity index (χ1) is 13.0. The number of thioether (sulfide) groups is 1. The summed E-state index contributed by atoms with van der Waals surface area (Å²) in [7, 11) is 0. The van der Waals surface area contributed by atoms with Gasteiger partial charge in [-0.3, -0.25) is 9.59 Å². The van der Waals surface area contributed by atoms with E-state index in [0.717, 1.165) is 4.90 Å². The predicted molar refractivity (Wildman–Crippen MR) is 108 cm³/mol. The van der Waals surface area contributed by atoms with Crippen LogP contribution in [0.2, 0.25) is 0 Å². The van der Waals surface area contributed by atoms with Gasteiger partial charge in [0.25, 0.3) is 0 Å². The molecule has 0 bridgehead atoms. The number of rotatable bonds is 7. The second-order valence-electron chi connectivity index (χ2n) is 5.78. The highest BCUT2D eigenvalue weighted by Crippen LogP contribution is 2.28. The van der Waals surface area contributed by atoms with Crippen LogP contribution in [-0.2, 0) is 16.1 Å². The summed E-state index contributed by atoms with van der Waals surface area (Å²) >= 11 is 2.84. The van der Waals surface area contributed by atoms with E-state index >= 15 is 0 Å². The number of benzene rings is 1. The first-order valence-corrected chi connectivity index (χ1v) is 10.1. The Hall–Kier alpha value is -2.58. The van der Waals surface area contributed by atoms with Crippen molar-refractivity contribution >= 4 is 40.0 Å². The summed E-state index contributed by atoms with van der Waals surface area (Å²) in [6, 6.07) is 13.4. The van der Waals surface area contributed by atoms with Crippen LogP contribution >= 0.6 is 23.1 Å². The lowest BCUT2D eigenvalue weighted by Crippen LogP contribution is -2.22. The van der Waals surface area contributed by atoms with Crippen molar-refractivity contribution in [3.05, 3.63) is 53.6 Å². The molecule has 0 spiro atoms. The van der Waals surface area contributed by atoms with Crippen molar-refractivity contribution in [2.75, 3.05) is 5.32 Å². The van der Waals surface area contributed by atoms with E-state index in [-0.39, 0.29) is 17.1 Å². The van der Waals surface area contributed by atoms with Gasteiger partial charge >= 0.3 is 0 Å². The summed E-state index contributed by atoms with van der Waals surface area (Å²) in [4.78, 5) is 28.8. The van der Waals surface area contributed by atoms with E-state index in [2.05, 4.69) is 15.6 Å². The molecule has 140 valence electrons. The minimum Gasteiger partial charge on any atom is -0.458 e. The number of furan rings is 1. The summed E-state index contributed by atoms with van der Waals surface area (Å²) in [5, 5.41) is 7.63. The van der Waals surface area contributed by atoms with Gasteiger partial charge in [0.1, 0.15) is 11.5 Å². The SMILES string of the molecule is CC(=O)NCc1ccc(-c2csc(NC(=O)[C@H](C)Sc3ccccc3)n2)o1. The van der Waals surface area contributed by atoms with Gasteiger partial charge in [0.05, 0.1) is 11.8 Å². The Morgan fingerprint density at radius 2 is 2.00 bits per heavy atom. The monoisotopic (exact) mass is 401 g/mol. The van der Waals surface area contributed by atoms with E-state index in [1.807, 2.05) is 42.6 Å². The van der Waals surface area contributed by atoms with Crippen LogP contribution in [0.3, 0.4) is 0 Å². The van der Waals surface area contributed by atoms with Gasteiger partial charge in [0, 0.05) is 17.2 Å². The molecule has 0 saturated carbocycles. The largest absolute Gasteiger partial charge is 0.458 e. The predicted octanol–water partition coefficient (Wildman–Crippen LogP) is 4.16. The smallest absolute Gasteiger partial charge is 0.239 e. The Kier molecular flexibility index (Phi) is 6.31. The number of amides is 2. The number of anilines is 1. The van der Waals surface area contributed by atoms with Crippen molar-refractivity contribution in [3.8, 4) is 11.5 Å². The molecule has 1 aromatic carbocycles. The van der Waals surface area contributed by atoms with Gasteiger partial charge in [-0.15, -0.1) is 23.1 Å². The van der Waals surface area contributed by atoms with E-state index in [1.54, 1.807) is 12.1 Å². The van der Waals surface area contributed by atoms with Gasteiger partial charge in [-0.25, -0.2) is 4.98 Å². The molecule has 1 atom stereocenters. The second-order valence-corrected chi connectivity index (χ2v) is 8.05. The molecule has 0 unspecified atom stereocenters. The summed E-state index contributed by atoms with van der Waals surface area (Å²) in [6.07, 6.45) is 0. The zero-order valence-electron chi connectivity index (χ0n) is 14.9. The van der Waals surface area contributed by atoms with Crippen LogP contribution in [0.25, 0.3) is 11.5 Å². The van der Waals surface area contributed by atoms with E-state index < -0.39 is 0 Å². The lowest BCUT2D eigenvalue weighted by molar-refractivity contribution is -0.119. The summed E-state index contributed by atoms with van der Waals surface area (Å²) < 4.78 is 5.68. The highest BCUT2D eigenvalue weighted by molar-refractivity contribution is 8.00. The van der Waals surface area contributed by atoms with Crippen LogP contribution in [0.4, 0.5) is 5.13 Å². The molecule has 0 radical (unpaired) electrons. The minimum atomic E-state index is -0.243. The van der Waals surface area contributed by atoms with Crippen molar-refractivity contribution in [3.63, 3.8) is 0 Å². The fourth-order valence-electron chi connectivity index (χ4n) is 2.23. The molecule has 8 heteroatoms. The Balaban J connectivity index is 1.59. The molecule has 27 heavy (non-hydrogen) atoms. The number of thiazole rings is 1. The highest BCUT2D eigenvalue weighted by atomic mass is 32.2. The zero-order chi connectivity index (χ0) is 19.2. The third kappa shape index (κ3) is 5.45. The second kappa shape index (κ2) is 8.88. The molecule has 2 amide bonds. The molecule has 2 aromatic heterocycles. The van der Waals surface area contributed by atoms with Crippen LogP contribution < -0.4 is 10.6 Å². The highest BCUT2D eigenvalue weighted by Gasteiger charge is 2.17. The first-order valence-electron chi connectivity index (χ1n) is 8.33. The average Bonchev–Trinajstić information content (AvgIpc) is 3.30. The van der Waals surface area contributed by atoms with E-state index in [4.69, 9.17) is 4.42 Å². The van der Waals surface area contributed by atoms with Gasteiger partial charge in [0.2, 0.25) is 11.8 Å². The fourth-order valence-corrected chi connectivity index (χ4v) is 3.82. The van der Waals surface area contributed by atoms with Crippen molar-refractivity contribution in [2.24, 2.45) is 0 Å². The van der Waals surface area contributed by atoms with Crippen LogP contribution in [0, 0.1) is 0 Å². The first kappa shape index (κ1) is 19.2. The zero-order valence-corrected chi connectivity index (χ0v) is 16.5. The number of aromatic nitrogens is 1. The molecular weight excluding hydrogens is 382 g/mol. The van der Waals surface area contributed by atoms with E-state index in [0.29, 0.717) is 28.9 Å². The average molecular weight is 402 g/mol. The molecule has 0 aliphatic heterocycles. The molecule has 2 N–H and O–H groups in total. The van der Waals surface area contributed by atoms with Crippen molar-refractivity contribution in [2.45, 2.75) is 30.5 Å². The number of hydrogen-bond acceptors (Lipinski definition) is 6. The maximum atomic E-state index is 12.4. The molecule has 0 aliphatic carbocycles. The third-order valence-electron chi connectivity index (χ3n) is 3.59. The lowest BCUT2D eigenvalue weighted by Gasteiger charge is -2.10. The Morgan fingerprint density at radius 1 is 1.22 bits per heavy atom. The molecule has 6 nitrogen and oxygen atoms in total. The van der Waals surface area contributed by atoms with E-state index in [9.17, 15) is 9.59 Å². The van der Waals surface area contributed by atoms with Gasteiger partial charge in [0.15, 0.2) is 10.9 Å². The van der Waals surface area contributed by atoms with Gasteiger partial charge in [-0.2, -0.15) is 0 Å². The molecule has 0 fully saturated rings. The molecule has 0 aliphatic rings. The maximum Gasteiger partial charge on any atom is 0.239 e. The van der Waals surface area contributed by atoms with Crippen LogP contribution in [0.1, 0.15) is 19.6 Å². The van der Waals surface area contributed by atoms with Crippen molar-refractivity contribution in [1.82, 2.24) is 10.3 Å². The van der Waals surface area contributed by atoms with Gasteiger partial charge < -0.3 is 15.1 Å². The Morgan fingerprint density at radius 3 is 2.74 bits per heavy atom. The van der Waals surface area contributed by atoms with Gasteiger partial charge in [-0.05, 0) is 31.2 Å². The number of hydrogen-bond donors (Lipinski definition) is 2. The number of nitrogens with zero attached hydrogens (tertiary/aromatic N) is 1. The molecule has 3 aromatic rings.